The van der Waals surface area contributed by atoms with Crippen molar-refractivity contribution in [2.75, 3.05) is 6.61 Å². The molecule has 0 radical (unpaired) electrons. The van der Waals surface area contributed by atoms with Crippen molar-refractivity contribution in [2.24, 2.45) is 5.41 Å². The van der Waals surface area contributed by atoms with E-state index >= 15 is 0 Å². The number of amides is 1. The van der Waals surface area contributed by atoms with Gasteiger partial charge in [0.05, 0.1) is 24.8 Å². The number of aromatic nitrogens is 1. The number of aliphatic hydroxyl groups excluding tert-OH is 1. The van der Waals surface area contributed by atoms with E-state index in [9.17, 15) is 9.90 Å². The molecule has 1 heterocycles. The molecule has 5 nitrogen and oxygen atoms in total. The van der Waals surface area contributed by atoms with Gasteiger partial charge in [-0.2, -0.15) is 0 Å². The molecule has 2 rings (SSSR count). The van der Waals surface area contributed by atoms with E-state index in [2.05, 4.69) is 31.1 Å². The number of aryl methyl sites for hydroxylation is 1. The fourth-order valence-corrected chi connectivity index (χ4v) is 2.63. The smallest absolute Gasteiger partial charge is 0.226 e. The van der Waals surface area contributed by atoms with Gasteiger partial charge in [-0.15, -0.1) is 0 Å². The lowest BCUT2D eigenvalue weighted by Crippen LogP contribution is -2.40. The van der Waals surface area contributed by atoms with Crippen LogP contribution in [0.3, 0.4) is 0 Å². The Bertz CT molecular complexity index is 672. The zero-order valence-corrected chi connectivity index (χ0v) is 14.8. The Hall–Kier alpha value is -2.14. The van der Waals surface area contributed by atoms with Crippen LogP contribution in [-0.4, -0.2) is 28.6 Å². The normalized spacial score (nSPS) is 12.9. The van der Waals surface area contributed by atoms with Crippen LogP contribution in [0, 0.1) is 12.3 Å². The molecule has 0 saturated carbocycles. The van der Waals surface area contributed by atoms with Crippen LogP contribution in [-0.2, 0) is 11.2 Å². The molecule has 0 bridgehead atoms. The zero-order chi connectivity index (χ0) is 17.7. The third kappa shape index (κ3) is 5.20. The largest absolute Gasteiger partial charge is 0.441 e. The predicted octanol–water partition coefficient (Wildman–Crippen LogP) is 3.11. The minimum absolute atomic E-state index is 0.0327. The molecule has 24 heavy (non-hydrogen) atoms. The van der Waals surface area contributed by atoms with Gasteiger partial charge in [-0.1, -0.05) is 39.0 Å². The fourth-order valence-electron chi connectivity index (χ4n) is 2.63. The summed E-state index contributed by atoms with van der Waals surface area (Å²) in [7, 11) is 0. The molecule has 1 unspecified atom stereocenters. The standard InChI is InChI=1S/C19H26N2O3/c1-13-16(21-18(24-13)14-8-6-5-7-9-14)10-17(23)20-15(12-22)11-19(2,3)4/h5-9,15,22H,10-12H2,1-4H3,(H,20,23). The maximum Gasteiger partial charge on any atom is 0.226 e. The summed E-state index contributed by atoms with van der Waals surface area (Å²) in [6.45, 7) is 7.97. The molecule has 0 aliphatic heterocycles. The van der Waals surface area contributed by atoms with Crippen molar-refractivity contribution in [1.82, 2.24) is 10.3 Å². The Morgan fingerprint density at radius 2 is 1.96 bits per heavy atom. The number of hydrogen-bond donors (Lipinski definition) is 2. The first-order valence-electron chi connectivity index (χ1n) is 8.20. The molecule has 0 aliphatic carbocycles. The number of oxazole rings is 1. The molecule has 0 fully saturated rings. The second kappa shape index (κ2) is 7.62. The molecule has 2 N–H and O–H groups in total. The number of nitrogens with zero attached hydrogens (tertiary/aromatic N) is 1. The minimum Gasteiger partial charge on any atom is -0.441 e. The lowest BCUT2D eigenvalue weighted by Gasteiger charge is -2.25. The second-order valence-corrected chi connectivity index (χ2v) is 7.28. The van der Waals surface area contributed by atoms with Gasteiger partial charge < -0.3 is 14.8 Å². The Labute approximate surface area is 143 Å². The van der Waals surface area contributed by atoms with E-state index in [0.29, 0.717) is 23.8 Å². The third-order valence-corrected chi connectivity index (χ3v) is 3.69. The number of benzene rings is 1. The molecule has 130 valence electrons. The van der Waals surface area contributed by atoms with Crippen LogP contribution in [0.4, 0.5) is 0 Å². The van der Waals surface area contributed by atoms with Crippen LogP contribution in [0.2, 0.25) is 0 Å². The topological polar surface area (TPSA) is 75.4 Å². The summed E-state index contributed by atoms with van der Waals surface area (Å²) in [5.74, 6) is 0.999. The van der Waals surface area contributed by atoms with Crippen molar-refractivity contribution in [2.45, 2.75) is 46.6 Å². The van der Waals surface area contributed by atoms with E-state index in [1.54, 1.807) is 6.92 Å². The second-order valence-electron chi connectivity index (χ2n) is 7.28. The Morgan fingerprint density at radius 1 is 1.29 bits per heavy atom. The van der Waals surface area contributed by atoms with Crippen LogP contribution >= 0.6 is 0 Å². The van der Waals surface area contributed by atoms with Gasteiger partial charge in [0.2, 0.25) is 11.8 Å². The van der Waals surface area contributed by atoms with Crippen molar-refractivity contribution < 1.29 is 14.3 Å². The molecular formula is C19H26N2O3. The molecular weight excluding hydrogens is 304 g/mol. The van der Waals surface area contributed by atoms with Gasteiger partial charge in [0.25, 0.3) is 0 Å². The summed E-state index contributed by atoms with van der Waals surface area (Å²) < 4.78 is 5.67. The van der Waals surface area contributed by atoms with Gasteiger partial charge in [-0.3, -0.25) is 4.79 Å². The molecule has 0 aliphatic rings. The Balaban J connectivity index is 2.03. The van der Waals surface area contributed by atoms with Gasteiger partial charge in [-0.05, 0) is 30.9 Å². The number of carbonyl (C=O) groups is 1. The molecule has 0 spiro atoms. The van der Waals surface area contributed by atoms with Gasteiger partial charge in [0.1, 0.15) is 5.76 Å². The van der Waals surface area contributed by atoms with Crippen LogP contribution in [0.1, 0.15) is 38.6 Å². The van der Waals surface area contributed by atoms with Gasteiger partial charge >= 0.3 is 0 Å². The number of rotatable bonds is 6. The van der Waals surface area contributed by atoms with E-state index < -0.39 is 0 Å². The van der Waals surface area contributed by atoms with E-state index in [4.69, 9.17) is 4.42 Å². The minimum atomic E-state index is -0.252. The van der Waals surface area contributed by atoms with Crippen molar-refractivity contribution in [3.63, 3.8) is 0 Å². The highest BCUT2D eigenvalue weighted by atomic mass is 16.4. The average Bonchev–Trinajstić information content (AvgIpc) is 2.87. The van der Waals surface area contributed by atoms with Crippen LogP contribution < -0.4 is 5.32 Å². The van der Waals surface area contributed by atoms with E-state index in [1.165, 1.54) is 0 Å². The van der Waals surface area contributed by atoms with E-state index in [0.717, 1.165) is 5.56 Å². The summed E-state index contributed by atoms with van der Waals surface area (Å²) in [6, 6.07) is 9.34. The maximum absolute atomic E-state index is 12.3. The molecule has 1 atom stereocenters. The third-order valence-electron chi connectivity index (χ3n) is 3.69. The molecule has 5 heteroatoms. The van der Waals surface area contributed by atoms with Gasteiger partial charge in [-0.25, -0.2) is 4.98 Å². The van der Waals surface area contributed by atoms with E-state index in [1.807, 2.05) is 30.3 Å². The van der Waals surface area contributed by atoms with Crippen LogP contribution in [0.5, 0.6) is 0 Å². The van der Waals surface area contributed by atoms with E-state index in [-0.39, 0.29) is 30.4 Å². The SMILES string of the molecule is Cc1oc(-c2ccccc2)nc1CC(=O)NC(CO)CC(C)(C)C. The van der Waals surface area contributed by atoms with Crippen molar-refractivity contribution >= 4 is 5.91 Å². The zero-order valence-electron chi connectivity index (χ0n) is 14.8. The summed E-state index contributed by atoms with van der Waals surface area (Å²) in [4.78, 5) is 16.7. The quantitative estimate of drug-likeness (QED) is 0.853. The first kappa shape index (κ1) is 18.2. The highest BCUT2D eigenvalue weighted by Crippen LogP contribution is 2.22. The van der Waals surface area contributed by atoms with Crippen LogP contribution in [0.15, 0.2) is 34.7 Å². The Morgan fingerprint density at radius 3 is 2.54 bits per heavy atom. The first-order chi connectivity index (χ1) is 11.3. The number of aliphatic hydroxyl groups is 1. The van der Waals surface area contributed by atoms with Crippen molar-refractivity contribution in [3.05, 3.63) is 41.8 Å². The predicted molar refractivity (Wildman–Crippen MR) is 93.5 cm³/mol. The highest BCUT2D eigenvalue weighted by Gasteiger charge is 2.21. The lowest BCUT2D eigenvalue weighted by atomic mass is 9.88. The summed E-state index contributed by atoms with van der Waals surface area (Å²) >= 11 is 0. The average molecular weight is 330 g/mol. The molecule has 1 amide bonds. The van der Waals surface area contributed by atoms with Crippen molar-refractivity contribution in [3.8, 4) is 11.5 Å². The summed E-state index contributed by atoms with van der Waals surface area (Å²) in [5.41, 5.74) is 1.54. The van der Waals surface area contributed by atoms with Crippen molar-refractivity contribution in [1.29, 1.82) is 0 Å². The number of carbonyl (C=O) groups excluding carboxylic acids is 1. The maximum atomic E-state index is 12.3. The highest BCUT2D eigenvalue weighted by molar-refractivity contribution is 5.78. The monoisotopic (exact) mass is 330 g/mol. The molecule has 1 aromatic carbocycles. The van der Waals surface area contributed by atoms with Gasteiger partial charge in [0, 0.05) is 5.56 Å². The molecule has 0 saturated heterocycles. The number of nitrogens with one attached hydrogen (secondary N) is 1. The first-order valence-corrected chi connectivity index (χ1v) is 8.20. The Kier molecular flexibility index (Phi) is 5.78. The number of hydrogen-bond acceptors (Lipinski definition) is 4. The fraction of sp³-hybridized carbons (Fsp3) is 0.474. The molecule has 2 aromatic rings. The summed E-state index contributed by atoms with van der Waals surface area (Å²) in [5, 5.41) is 12.3. The van der Waals surface area contributed by atoms with Gasteiger partial charge in [0.15, 0.2) is 0 Å². The molecule has 1 aromatic heterocycles. The lowest BCUT2D eigenvalue weighted by molar-refractivity contribution is -0.121. The summed E-state index contributed by atoms with van der Waals surface area (Å²) in [6.07, 6.45) is 0.852. The van der Waals surface area contributed by atoms with Crippen LogP contribution in [0.25, 0.3) is 11.5 Å².